The highest BCUT2D eigenvalue weighted by Crippen LogP contribution is 2.36. The van der Waals surface area contributed by atoms with E-state index in [1.54, 1.807) is 18.2 Å². The summed E-state index contributed by atoms with van der Waals surface area (Å²) in [5, 5.41) is 14.5. The van der Waals surface area contributed by atoms with Crippen LogP contribution in [-0.2, 0) is 10.0 Å². The van der Waals surface area contributed by atoms with Crippen molar-refractivity contribution in [1.29, 1.82) is 0 Å². The third kappa shape index (κ3) is 5.56. The molecule has 5 aromatic rings. The normalized spacial score (nSPS) is 11.6. The molecule has 3 aromatic heterocycles. The predicted molar refractivity (Wildman–Crippen MR) is 152 cm³/mol. The smallest absolute Gasteiger partial charge is 0.404 e. The van der Waals surface area contributed by atoms with Crippen molar-refractivity contribution >= 4 is 55.6 Å². The fourth-order valence-electron chi connectivity index (χ4n) is 4.36. The molecular weight excluding hydrogens is 573 g/mol. The summed E-state index contributed by atoms with van der Waals surface area (Å²) in [6.45, 7) is 2.18. The van der Waals surface area contributed by atoms with Crippen LogP contribution >= 0.6 is 11.6 Å². The van der Waals surface area contributed by atoms with Crippen LogP contribution in [0.3, 0.4) is 0 Å². The van der Waals surface area contributed by atoms with Crippen molar-refractivity contribution in [2.24, 2.45) is 0 Å². The molecule has 0 radical (unpaired) electrons. The monoisotopic (exact) mass is 595 g/mol. The van der Waals surface area contributed by atoms with Crippen molar-refractivity contribution in [3.8, 4) is 11.1 Å². The first-order valence-corrected chi connectivity index (χ1v) is 14.2. The van der Waals surface area contributed by atoms with Gasteiger partial charge in [-0.05, 0) is 55.3 Å². The fourth-order valence-corrected chi connectivity index (χ4v) is 5.89. The predicted octanol–water partition coefficient (Wildman–Crippen LogP) is 4.98. The van der Waals surface area contributed by atoms with E-state index in [1.165, 1.54) is 48.9 Å². The molecule has 0 aliphatic heterocycles. The van der Waals surface area contributed by atoms with Gasteiger partial charge in [-0.2, -0.15) is 0 Å². The van der Waals surface area contributed by atoms with Crippen LogP contribution in [-0.4, -0.2) is 52.6 Å². The Morgan fingerprint density at radius 1 is 1.02 bits per heavy atom. The number of halogens is 2. The van der Waals surface area contributed by atoms with Gasteiger partial charge in [0.2, 0.25) is 0 Å². The molecule has 0 spiro atoms. The quantitative estimate of drug-likeness (QED) is 0.215. The van der Waals surface area contributed by atoms with Crippen molar-refractivity contribution in [3.63, 3.8) is 0 Å². The average Bonchev–Trinajstić information content (AvgIpc) is 3.33. The zero-order chi connectivity index (χ0) is 29.3. The number of carbonyl (C=O) groups is 2. The number of benzene rings is 2. The summed E-state index contributed by atoms with van der Waals surface area (Å²) in [5.41, 5.74) is 1.74. The molecule has 10 nitrogen and oxygen atoms in total. The van der Waals surface area contributed by atoms with Crippen LogP contribution in [0.15, 0.2) is 72.0 Å². The first kappa shape index (κ1) is 28.0. The summed E-state index contributed by atoms with van der Waals surface area (Å²) >= 11 is 6.32. The van der Waals surface area contributed by atoms with Gasteiger partial charge < -0.3 is 15.7 Å². The summed E-state index contributed by atoms with van der Waals surface area (Å²) in [6, 6.07) is 12.2. The first-order chi connectivity index (χ1) is 19.6. The Morgan fingerprint density at radius 2 is 1.76 bits per heavy atom. The second-order valence-corrected chi connectivity index (χ2v) is 11.5. The van der Waals surface area contributed by atoms with Crippen LogP contribution in [0.4, 0.5) is 9.18 Å². The van der Waals surface area contributed by atoms with Gasteiger partial charge >= 0.3 is 6.09 Å². The van der Waals surface area contributed by atoms with Crippen molar-refractivity contribution in [1.82, 2.24) is 24.6 Å². The van der Waals surface area contributed by atoms with Gasteiger partial charge in [0, 0.05) is 48.0 Å². The number of rotatable bonds is 8. The minimum Gasteiger partial charge on any atom is -0.465 e. The maximum Gasteiger partial charge on any atom is 0.404 e. The number of fused-ring (bicyclic) bond motifs is 2. The Labute approximate surface area is 238 Å². The molecule has 0 bridgehead atoms. The number of nitrogens with zero attached hydrogens (tertiary/aromatic N) is 3. The summed E-state index contributed by atoms with van der Waals surface area (Å²) in [6.07, 6.45) is 3.18. The van der Waals surface area contributed by atoms with Gasteiger partial charge in [0.25, 0.3) is 15.9 Å². The lowest BCUT2D eigenvalue weighted by atomic mass is 10.0. The van der Waals surface area contributed by atoms with Gasteiger partial charge in [0.15, 0.2) is 5.65 Å². The van der Waals surface area contributed by atoms with Crippen molar-refractivity contribution in [2.45, 2.75) is 18.2 Å². The number of carbonyl (C=O) groups excluding carboxylic acids is 1. The third-order valence-corrected chi connectivity index (χ3v) is 8.42. The Morgan fingerprint density at radius 3 is 2.49 bits per heavy atom. The van der Waals surface area contributed by atoms with Crippen molar-refractivity contribution in [2.75, 3.05) is 13.1 Å². The molecule has 0 saturated heterocycles. The van der Waals surface area contributed by atoms with Gasteiger partial charge in [-0.15, -0.1) is 0 Å². The van der Waals surface area contributed by atoms with Gasteiger partial charge in [0.05, 0.1) is 15.5 Å². The molecule has 210 valence electrons. The Bertz CT molecular complexity index is 1930. The standard InChI is InChI=1S/C28H23ClFN5O5S/c1-16-3-5-19(6-4-16)41(39,40)35-15-22(17-11-21-23(29)7-10-31-25(21)24(30)13-17)20-12-18(14-34-26(20)35)27(36)32-8-2-9-33-28(37)38/h3-7,10-15,33H,2,8-9H2,1H3,(H,32,36)(H,37,38). The molecule has 3 N–H and O–H groups in total. The van der Waals surface area contributed by atoms with E-state index < -0.39 is 27.8 Å². The summed E-state index contributed by atoms with van der Waals surface area (Å²) in [5.74, 6) is -1.15. The molecular formula is C28H23ClFN5O5S. The van der Waals surface area contributed by atoms with E-state index in [0.717, 1.165) is 9.54 Å². The Balaban J connectivity index is 1.63. The molecule has 3 heterocycles. The lowest BCUT2D eigenvalue weighted by molar-refractivity contribution is 0.0953. The first-order valence-electron chi connectivity index (χ1n) is 12.4. The number of nitrogens with one attached hydrogen (secondary N) is 2. The Kier molecular flexibility index (Phi) is 7.61. The molecule has 41 heavy (non-hydrogen) atoms. The fraction of sp³-hybridized carbons (Fsp3) is 0.143. The van der Waals surface area contributed by atoms with E-state index in [-0.39, 0.29) is 39.7 Å². The topological polar surface area (TPSA) is 143 Å². The lowest BCUT2D eigenvalue weighted by Gasteiger charge is -2.08. The van der Waals surface area contributed by atoms with Crippen LogP contribution in [0, 0.1) is 12.7 Å². The molecule has 0 aliphatic rings. The van der Waals surface area contributed by atoms with Gasteiger partial charge in [-0.25, -0.2) is 26.6 Å². The number of hydrogen-bond acceptors (Lipinski definition) is 6. The SMILES string of the molecule is Cc1ccc(S(=O)(=O)n2cc(-c3cc(F)c4nccc(Cl)c4c3)c3cc(C(=O)NCCCNC(=O)O)cnc32)cc1. The number of aryl methyl sites for hydroxylation is 1. The molecule has 13 heteroatoms. The highest BCUT2D eigenvalue weighted by molar-refractivity contribution is 7.90. The van der Waals surface area contributed by atoms with Crippen LogP contribution in [0.25, 0.3) is 33.1 Å². The largest absolute Gasteiger partial charge is 0.465 e. The second-order valence-electron chi connectivity index (χ2n) is 9.24. The van der Waals surface area contributed by atoms with Crippen molar-refractivity contribution < 1.29 is 27.5 Å². The van der Waals surface area contributed by atoms with E-state index in [0.29, 0.717) is 28.3 Å². The third-order valence-electron chi connectivity index (χ3n) is 6.42. The van der Waals surface area contributed by atoms with Crippen LogP contribution in [0.5, 0.6) is 0 Å². The summed E-state index contributed by atoms with van der Waals surface area (Å²) in [4.78, 5) is 31.9. The van der Waals surface area contributed by atoms with Gasteiger partial charge in [-0.3, -0.25) is 9.78 Å². The van der Waals surface area contributed by atoms with E-state index in [9.17, 15) is 18.0 Å². The van der Waals surface area contributed by atoms with E-state index >= 15 is 4.39 Å². The number of pyridine rings is 2. The zero-order valence-corrected chi connectivity index (χ0v) is 23.1. The van der Waals surface area contributed by atoms with Crippen molar-refractivity contribution in [3.05, 3.63) is 89.1 Å². The molecule has 0 aliphatic carbocycles. The van der Waals surface area contributed by atoms with E-state index in [1.807, 2.05) is 6.92 Å². The number of aromatic nitrogens is 3. The maximum atomic E-state index is 15.1. The number of amides is 2. The highest BCUT2D eigenvalue weighted by atomic mass is 35.5. The summed E-state index contributed by atoms with van der Waals surface area (Å²) in [7, 11) is -4.12. The van der Waals surface area contributed by atoms with E-state index in [2.05, 4.69) is 20.6 Å². The maximum absolute atomic E-state index is 15.1. The van der Waals surface area contributed by atoms with Gasteiger partial charge in [-0.1, -0.05) is 29.3 Å². The molecule has 0 atom stereocenters. The average molecular weight is 596 g/mol. The highest BCUT2D eigenvalue weighted by Gasteiger charge is 2.24. The second kappa shape index (κ2) is 11.1. The molecule has 2 amide bonds. The molecule has 0 saturated carbocycles. The molecule has 0 unspecified atom stereocenters. The van der Waals surface area contributed by atoms with Crippen LogP contribution < -0.4 is 10.6 Å². The number of carboxylic acid groups (broad SMARTS) is 1. The molecule has 5 rings (SSSR count). The van der Waals surface area contributed by atoms with Gasteiger partial charge in [0.1, 0.15) is 11.3 Å². The lowest BCUT2D eigenvalue weighted by Crippen LogP contribution is -2.29. The molecule has 2 aromatic carbocycles. The number of hydrogen-bond donors (Lipinski definition) is 3. The summed E-state index contributed by atoms with van der Waals surface area (Å²) < 4.78 is 43.6. The minimum absolute atomic E-state index is 0.0297. The molecule has 0 fully saturated rings. The van der Waals surface area contributed by atoms with Crippen LogP contribution in [0.1, 0.15) is 22.3 Å². The Hall–Kier alpha value is -4.55. The zero-order valence-electron chi connectivity index (χ0n) is 21.6. The van der Waals surface area contributed by atoms with Crippen LogP contribution in [0.2, 0.25) is 5.02 Å². The van der Waals surface area contributed by atoms with E-state index in [4.69, 9.17) is 16.7 Å². The minimum atomic E-state index is -4.12.